The van der Waals surface area contributed by atoms with Crippen LogP contribution in [0.2, 0.25) is 0 Å². The van der Waals surface area contributed by atoms with Crippen molar-refractivity contribution in [3.05, 3.63) is 11.6 Å². The number of carboxylic acid groups (broad SMARTS) is 1. The number of quaternary nitrogens is 1. The van der Waals surface area contributed by atoms with Crippen molar-refractivity contribution in [2.24, 2.45) is 0 Å². The number of likely N-dealkylation sites (N-methyl/N-ethyl adjacent to an activating group) is 1. The monoisotopic (exact) mass is 277 g/mol. The van der Waals surface area contributed by atoms with Gasteiger partial charge in [-0.2, -0.15) is 0 Å². The van der Waals surface area contributed by atoms with E-state index in [9.17, 15) is 14.5 Å². The van der Waals surface area contributed by atoms with Gasteiger partial charge < -0.3 is 15.0 Å². The van der Waals surface area contributed by atoms with Gasteiger partial charge in [0, 0.05) is 6.61 Å². The fraction of sp³-hybridized carbons (Fsp3) is 0.636. The molecule has 0 bridgehead atoms. The van der Waals surface area contributed by atoms with Crippen LogP contribution in [0.15, 0.2) is 11.6 Å². The maximum atomic E-state index is 9.98. The first-order chi connectivity index (χ1) is 8.30. The van der Waals surface area contributed by atoms with E-state index in [1.54, 1.807) is 0 Å². The average molecular weight is 277 g/mol. The summed E-state index contributed by atoms with van der Waals surface area (Å²) in [6, 6.07) is 0. The van der Waals surface area contributed by atoms with Crippen molar-refractivity contribution < 1.29 is 29.2 Å². The second-order valence-electron chi connectivity index (χ2n) is 4.01. The topological polar surface area (TPSA) is 97.7 Å². The minimum atomic E-state index is -1.18. The molecule has 0 spiro atoms. The van der Waals surface area contributed by atoms with Crippen LogP contribution < -0.4 is 5.11 Å². The van der Waals surface area contributed by atoms with E-state index < -0.39 is 5.97 Å². The van der Waals surface area contributed by atoms with E-state index >= 15 is 0 Å². The molecule has 2 N–H and O–H groups in total. The molecular formula is C11H20NO5P. The summed E-state index contributed by atoms with van der Waals surface area (Å²) in [5.41, 5.74) is 0.170. The zero-order chi connectivity index (χ0) is 14.6. The van der Waals surface area contributed by atoms with Gasteiger partial charge in [-0.05, 0) is 18.9 Å². The molecule has 0 atom stereocenters. The number of nitrogens with zero attached hydrogens (tertiary/aromatic N) is 1. The normalized spacial score (nSPS) is 11.1. The Morgan fingerprint density at radius 2 is 1.94 bits per heavy atom. The van der Waals surface area contributed by atoms with Crippen LogP contribution in [0.1, 0.15) is 13.3 Å². The number of rotatable bonds is 5. The van der Waals surface area contributed by atoms with Crippen molar-refractivity contribution in [1.82, 2.24) is 0 Å². The Morgan fingerprint density at radius 1 is 1.39 bits per heavy atom. The maximum absolute atomic E-state index is 9.98. The van der Waals surface area contributed by atoms with Crippen LogP contribution >= 0.6 is 7.92 Å². The third-order valence-corrected chi connectivity index (χ3v) is 2.50. The second-order valence-corrected chi connectivity index (χ2v) is 4.39. The van der Waals surface area contributed by atoms with Crippen LogP contribution in [0.3, 0.4) is 0 Å². The van der Waals surface area contributed by atoms with E-state index in [1.165, 1.54) is 13.0 Å². The van der Waals surface area contributed by atoms with E-state index in [0.717, 1.165) is 0 Å². The minimum absolute atomic E-state index is 0.0232. The molecule has 0 radical (unpaired) electrons. The predicted octanol–water partition coefficient (Wildman–Crippen LogP) is -0.671. The summed E-state index contributed by atoms with van der Waals surface area (Å²) >= 11 is 0. The number of hydrogen-bond donors (Lipinski definition) is 2. The van der Waals surface area contributed by atoms with Gasteiger partial charge in [-0.15, -0.1) is 0 Å². The van der Waals surface area contributed by atoms with Gasteiger partial charge in [0.2, 0.25) is 0 Å². The zero-order valence-corrected chi connectivity index (χ0v) is 11.8. The van der Waals surface area contributed by atoms with Crippen LogP contribution in [0.25, 0.3) is 0 Å². The summed E-state index contributed by atoms with van der Waals surface area (Å²) in [4.78, 5) is 9.94. The molecule has 0 rings (SSSR count). The van der Waals surface area contributed by atoms with Gasteiger partial charge in [-0.1, -0.05) is 6.08 Å². The zero-order valence-electron chi connectivity index (χ0n) is 10.9. The van der Waals surface area contributed by atoms with Crippen molar-refractivity contribution in [3.8, 4) is 5.75 Å². The van der Waals surface area contributed by atoms with E-state index in [-0.39, 0.29) is 26.7 Å². The van der Waals surface area contributed by atoms with Crippen LogP contribution in [0, 0.1) is 5.75 Å². The van der Waals surface area contributed by atoms with Gasteiger partial charge in [0.15, 0.2) is 0 Å². The molecule has 0 saturated carbocycles. The summed E-state index contributed by atoms with van der Waals surface area (Å²) < 4.78 is 10.3. The molecule has 0 aliphatic carbocycles. The molecule has 0 aromatic rings. The number of aliphatic hydroxyl groups is 2. The first kappa shape index (κ1) is 19.4. The molecule has 18 heavy (non-hydrogen) atoms. The van der Waals surface area contributed by atoms with Gasteiger partial charge in [-0.3, -0.25) is 0 Å². The Labute approximate surface area is 108 Å². The summed E-state index contributed by atoms with van der Waals surface area (Å²) in [6.45, 7) is 2.06. The summed E-state index contributed by atoms with van der Waals surface area (Å²) in [7, 11) is 3.54. The van der Waals surface area contributed by atoms with Crippen LogP contribution in [0.4, 0.5) is 0 Å². The number of carbonyl (C=O) groups is 1. The Morgan fingerprint density at radius 3 is 2.28 bits per heavy atom. The van der Waals surface area contributed by atoms with Gasteiger partial charge in [-0.25, -0.2) is 0 Å². The van der Waals surface area contributed by atoms with Crippen molar-refractivity contribution in [3.63, 3.8) is 0 Å². The molecule has 0 saturated heterocycles. The van der Waals surface area contributed by atoms with Gasteiger partial charge >= 0.3 is 55.1 Å². The number of carboxylic acids is 1. The van der Waals surface area contributed by atoms with Gasteiger partial charge in [0.05, 0.1) is 5.97 Å². The first-order valence-electron chi connectivity index (χ1n) is 5.33. The molecule has 0 fully saturated rings. The quantitative estimate of drug-likeness (QED) is 0.394. The van der Waals surface area contributed by atoms with E-state index in [2.05, 4.69) is 5.75 Å². The van der Waals surface area contributed by atoms with Crippen LogP contribution in [-0.4, -0.2) is 54.5 Å². The number of carbonyl (C=O) groups excluding carboxylic acids is 1. The molecule has 0 amide bonds. The third-order valence-electron chi connectivity index (χ3n) is 1.87. The van der Waals surface area contributed by atoms with E-state index in [1.807, 2.05) is 14.1 Å². The Hall–Kier alpha value is -0.900. The Balaban J connectivity index is 0. The molecule has 0 aliphatic heterocycles. The molecule has 7 heteroatoms. The summed E-state index contributed by atoms with van der Waals surface area (Å²) in [5.74, 6) is 1.44. The molecule has 0 unspecified atom stereocenters. The summed E-state index contributed by atoms with van der Waals surface area (Å²) in [6.07, 6.45) is 1.80. The molecule has 0 heterocycles. The molecule has 0 aliphatic rings. The molecule has 0 aromatic heterocycles. The molecule has 0 aromatic carbocycles. The first-order valence-corrected chi connectivity index (χ1v) is 6.14. The van der Waals surface area contributed by atoms with Crippen molar-refractivity contribution >= 4 is 13.9 Å². The predicted molar refractivity (Wildman–Crippen MR) is 66.0 cm³/mol. The molecule has 104 valence electrons. The second kappa shape index (κ2) is 11.2. The molecule has 6 nitrogen and oxygen atoms in total. The fourth-order valence-electron chi connectivity index (χ4n) is 0.775. The summed E-state index contributed by atoms with van der Waals surface area (Å²) in [5, 5.41) is 26.7. The van der Waals surface area contributed by atoms with Crippen molar-refractivity contribution in [2.75, 3.05) is 33.9 Å². The van der Waals surface area contributed by atoms with Gasteiger partial charge in [0.25, 0.3) is 0 Å². The number of aliphatic hydroxyl groups excluding tert-OH is 2. The molecular weight excluding hydrogens is 257 g/mol. The third kappa shape index (κ3) is 13.2. The van der Waals surface area contributed by atoms with Crippen molar-refractivity contribution in [2.45, 2.75) is 13.3 Å². The Bertz CT molecular complexity index is 372. The van der Waals surface area contributed by atoms with E-state index in [0.29, 0.717) is 17.4 Å². The fourth-order valence-corrected chi connectivity index (χ4v) is 1.10. The van der Waals surface area contributed by atoms with Crippen LogP contribution in [0.5, 0.6) is 0 Å². The van der Waals surface area contributed by atoms with Crippen molar-refractivity contribution in [1.29, 1.82) is 0 Å². The Kier molecular flexibility index (Phi) is 12.1. The number of aliphatic carboxylic acids is 1. The standard InChI is InChI=1S/C6H10O3.C5H11NO2P/c1-5(6(8)9)3-2-4-7;1-6(2,3-4-7)5-9-8/h3,7H,2,4H2,1H3,(H,8,9);7H,3-4H2,1-2H3/q;+1/p-1. The SMILES string of the molecule is CC(=CCCO)C(=O)[O-].C[N+](C)(C#P=O)CCO. The average Bonchev–Trinajstić information content (AvgIpc) is 2.26. The van der Waals surface area contributed by atoms with Gasteiger partial charge in [0.1, 0.15) is 0 Å². The van der Waals surface area contributed by atoms with Crippen LogP contribution in [-0.2, 0) is 9.36 Å². The number of hydrogen-bond acceptors (Lipinski definition) is 5. The van der Waals surface area contributed by atoms with E-state index in [4.69, 9.17) is 10.2 Å².